The molecule has 0 aliphatic carbocycles. The number of nitrogens with two attached hydrogens (primary N) is 1. The monoisotopic (exact) mass is 598 g/mol. The fourth-order valence-electron chi connectivity index (χ4n) is 6.33. The van der Waals surface area contributed by atoms with Gasteiger partial charge in [0.2, 0.25) is 5.91 Å². The maximum Gasteiger partial charge on any atom is 0.320 e. The number of nitrogens with zero attached hydrogens (tertiary/aromatic N) is 7. The maximum atomic E-state index is 13.3. The van der Waals surface area contributed by atoms with Gasteiger partial charge in [-0.3, -0.25) is 9.36 Å². The molecule has 7 rings (SSSR count). The van der Waals surface area contributed by atoms with Crippen molar-refractivity contribution in [3.63, 3.8) is 0 Å². The third kappa shape index (κ3) is 5.39. The van der Waals surface area contributed by atoms with E-state index in [2.05, 4.69) is 54.0 Å². The van der Waals surface area contributed by atoms with E-state index in [0.29, 0.717) is 50.9 Å². The molecule has 0 saturated carbocycles. The minimum atomic E-state index is -0.0841. The summed E-state index contributed by atoms with van der Waals surface area (Å²) in [6, 6.07) is 24.4. The second-order valence-corrected chi connectivity index (χ2v) is 11.5. The van der Waals surface area contributed by atoms with E-state index in [1.807, 2.05) is 50.9 Å². The summed E-state index contributed by atoms with van der Waals surface area (Å²) in [6.07, 6.45) is 5.78. The van der Waals surface area contributed by atoms with E-state index in [4.69, 9.17) is 15.7 Å². The number of fused-ring (bicyclic) bond motifs is 1. The second kappa shape index (κ2) is 11.9. The van der Waals surface area contributed by atoms with Gasteiger partial charge < -0.3 is 20.4 Å². The number of anilines is 1. The highest BCUT2D eigenvalue weighted by molar-refractivity contribution is 5.87. The molecule has 5 heterocycles. The molecule has 10 nitrogen and oxygen atoms in total. The van der Waals surface area contributed by atoms with Crippen LogP contribution in [0, 0.1) is 0 Å². The first kappa shape index (κ1) is 28.3. The minimum absolute atomic E-state index is 0.0457. The Bertz CT molecular complexity index is 1880. The Kier molecular flexibility index (Phi) is 7.46. The Labute approximate surface area is 261 Å². The van der Waals surface area contributed by atoms with E-state index in [-0.39, 0.29) is 17.9 Å². The highest BCUT2D eigenvalue weighted by atomic mass is 16.2. The van der Waals surface area contributed by atoms with Gasteiger partial charge in [0.05, 0.1) is 5.56 Å². The fourth-order valence-corrected chi connectivity index (χ4v) is 6.33. The number of hydrogen-bond donors (Lipinski definition) is 1. The molecule has 0 radical (unpaired) electrons. The van der Waals surface area contributed by atoms with Crippen molar-refractivity contribution in [3.8, 4) is 28.2 Å². The quantitative estimate of drug-likeness (QED) is 0.286. The molecular formula is C35H34N8O2. The largest absolute Gasteiger partial charge is 0.383 e. The van der Waals surface area contributed by atoms with Crippen molar-refractivity contribution in [3.05, 3.63) is 103 Å². The van der Waals surface area contributed by atoms with Crippen LogP contribution in [0.15, 0.2) is 97.8 Å². The first-order valence-electron chi connectivity index (χ1n) is 15.2. The summed E-state index contributed by atoms with van der Waals surface area (Å²) < 4.78 is 2.03. The molecule has 1 atom stereocenters. The van der Waals surface area contributed by atoms with Gasteiger partial charge in [-0.1, -0.05) is 49.0 Å². The van der Waals surface area contributed by atoms with E-state index in [1.165, 1.54) is 11.6 Å². The minimum Gasteiger partial charge on any atom is -0.383 e. The second-order valence-electron chi connectivity index (χ2n) is 11.5. The molecule has 3 aromatic heterocycles. The molecular weight excluding hydrogens is 564 g/mol. The average molecular weight is 599 g/mol. The molecule has 5 aromatic rings. The molecule has 2 saturated heterocycles. The summed E-state index contributed by atoms with van der Waals surface area (Å²) in [4.78, 5) is 44.9. The lowest BCUT2D eigenvalue weighted by Gasteiger charge is -2.36. The number of nitrogen functional groups attached to an aromatic ring is 1. The van der Waals surface area contributed by atoms with Gasteiger partial charge in [0.1, 0.15) is 11.3 Å². The zero-order chi connectivity index (χ0) is 30.9. The lowest BCUT2D eigenvalue weighted by atomic mass is 9.98. The number of benzene rings is 2. The van der Waals surface area contributed by atoms with Crippen LogP contribution in [0.4, 0.5) is 10.6 Å². The molecule has 2 aliphatic heterocycles. The highest BCUT2D eigenvalue weighted by Crippen LogP contribution is 2.34. The zero-order valence-corrected chi connectivity index (χ0v) is 24.9. The number of amides is 3. The molecule has 0 bridgehead atoms. The summed E-state index contributed by atoms with van der Waals surface area (Å²) in [5, 5.41) is 0. The molecule has 2 aliphatic rings. The number of imidazole rings is 1. The Balaban J connectivity index is 1.14. The number of carbonyl (C=O) groups excluding carboxylic acids is 2. The smallest absolute Gasteiger partial charge is 0.320 e. The van der Waals surface area contributed by atoms with Crippen molar-refractivity contribution in [1.82, 2.24) is 34.2 Å². The van der Waals surface area contributed by atoms with E-state index in [9.17, 15) is 9.59 Å². The zero-order valence-electron chi connectivity index (χ0n) is 24.9. The van der Waals surface area contributed by atoms with Crippen LogP contribution >= 0.6 is 0 Å². The van der Waals surface area contributed by atoms with Crippen molar-refractivity contribution >= 4 is 28.9 Å². The summed E-state index contributed by atoms with van der Waals surface area (Å²) >= 11 is 0. The summed E-state index contributed by atoms with van der Waals surface area (Å²) in [5.41, 5.74) is 12.7. The molecule has 1 unspecified atom stereocenters. The van der Waals surface area contributed by atoms with Gasteiger partial charge in [-0.2, -0.15) is 0 Å². The number of piperazine rings is 1. The molecule has 2 aromatic carbocycles. The topological polar surface area (TPSA) is 113 Å². The van der Waals surface area contributed by atoms with Crippen LogP contribution in [-0.2, 0) is 4.79 Å². The summed E-state index contributed by atoms with van der Waals surface area (Å²) in [7, 11) is 0. The third-order valence-electron chi connectivity index (χ3n) is 8.80. The highest BCUT2D eigenvalue weighted by Gasteiger charge is 2.32. The molecule has 226 valence electrons. The molecule has 2 N–H and O–H groups in total. The Morgan fingerprint density at radius 1 is 0.844 bits per heavy atom. The summed E-state index contributed by atoms with van der Waals surface area (Å²) in [5.74, 6) is 1.23. The van der Waals surface area contributed by atoms with Crippen LogP contribution in [0.3, 0.4) is 0 Å². The van der Waals surface area contributed by atoms with Gasteiger partial charge in [0, 0.05) is 68.8 Å². The standard InChI is InChI=1S/C35H34N8O2/c1-2-31(44)40-17-19-41(20-18-40)35(45)42-16-14-26(23-42)25-10-12-28(13-11-25)43-33(29-9-6-15-37-32(29)36)39-30-21-27(22-38-34(30)43)24-7-4-3-5-8-24/h2-13,15,21-22,26H,1,14,16-20,23H2,(H2,36,37). The van der Waals surface area contributed by atoms with Crippen LogP contribution in [0.1, 0.15) is 17.9 Å². The van der Waals surface area contributed by atoms with Gasteiger partial charge in [-0.15, -0.1) is 0 Å². The van der Waals surface area contributed by atoms with E-state index < -0.39 is 0 Å². The first-order valence-corrected chi connectivity index (χ1v) is 15.2. The van der Waals surface area contributed by atoms with Crippen LogP contribution in [-0.4, -0.2) is 85.4 Å². The van der Waals surface area contributed by atoms with Crippen LogP contribution in [0.25, 0.3) is 39.4 Å². The molecule has 0 spiro atoms. The van der Waals surface area contributed by atoms with Crippen LogP contribution in [0.5, 0.6) is 0 Å². The SMILES string of the molecule is C=CC(=O)N1CCN(C(=O)N2CCC(c3ccc(-n4c(-c5cccnc5N)nc5cc(-c6ccccc6)cnc54)cc3)C2)CC1. The Morgan fingerprint density at radius 2 is 1.60 bits per heavy atom. The van der Waals surface area contributed by atoms with E-state index in [1.54, 1.807) is 11.1 Å². The van der Waals surface area contributed by atoms with Crippen molar-refractivity contribution in [2.45, 2.75) is 12.3 Å². The number of hydrogen-bond acceptors (Lipinski definition) is 6. The lowest BCUT2D eigenvalue weighted by molar-refractivity contribution is -0.127. The Hall–Kier alpha value is -5.51. The van der Waals surface area contributed by atoms with Crippen molar-refractivity contribution < 1.29 is 9.59 Å². The van der Waals surface area contributed by atoms with Crippen LogP contribution in [0.2, 0.25) is 0 Å². The van der Waals surface area contributed by atoms with Gasteiger partial charge in [0.15, 0.2) is 11.5 Å². The number of pyridine rings is 2. The maximum absolute atomic E-state index is 13.3. The van der Waals surface area contributed by atoms with Crippen molar-refractivity contribution in [2.24, 2.45) is 0 Å². The fraction of sp³-hybridized carbons (Fsp3) is 0.229. The number of urea groups is 1. The average Bonchev–Trinajstić information content (AvgIpc) is 3.74. The van der Waals surface area contributed by atoms with Crippen molar-refractivity contribution in [1.29, 1.82) is 0 Å². The molecule has 3 amide bonds. The number of likely N-dealkylation sites (tertiary alicyclic amines) is 1. The number of aromatic nitrogens is 4. The third-order valence-corrected chi connectivity index (χ3v) is 8.80. The number of carbonyl (C=O) groups is 2. The van der Waals surface area contributed by atoms with E-state index >= 15 is 0 Å². The van der Waals surface area contributed by atoms with Gasteiger partial charge >= 0.3 is 6.03 Å². The number of rotatable bonds is 5. The van der Waals surface area contributed by atoms with Gasteiger partial charge in [-0.25, -0.2) is 19.7 Å². The molecule has 45 heavy (non-hydrogen) atoms. The summed E-state index contributed by atoms with van der Waals surface area (Å²) in [6.45, 7) is 7.09. The van der Waals surface area contributed by atoms with Gasteiger partial charge in [-0.05, 0) is 54.0 Å². The van der Waals surface area contributed by atoms with Crippen LogP contribution < -0.4 is 5.73 Å². The molecule has 2 fully saturated rings. The predicted octanol–water partition coefficient (Wildman–Crippen LogP) is 4.97. The lowest BCUT2D eigenvalue weighted by Crippen LogP contribution is -2.53. The first-order chi connectivity index (χ1) is 22.0. The predicted molar refractivity (Wildman–Crippen MR) is 175 cm³/mol. The van der Waals surface area contributed by atoms with Gasteiger partial charge in [0.25, 0.3) is 0 Å². The normalized spacial score (nSPS) is 16.7. The Morgan fingerprint density at radius 3 is 2.33 bits per heavy atom. The van der Waals surface area contributed by atoms with E-state index in [0.717, 1.165) is 40.0 Å². The van der Waals surface area contributed by atoms with Crippen molar-refractivity contribution in [2.75, 3.05) is 45.0 Å². The molecule has 10 heteroatoms.